The van der Waals surface area contributed by atoms with Gasteiger partial charge in [-0.2, -0.15) is 0 Å². The Labute approximate surface area is 89.1 Å². The maximum absolute atomic E-state index is 2.48. The van der Waals surface area contributed by atoms with E-state index in [0.717, 1.165) is 0 Å². The first-order valence-corrected chi connectivity index (χ1v) is 5.95. The lowest BCUT2D eigenvalue weighted by Crippen LogP contribution is -2.05. The SMILES string of the molecule is CCCC1=CC(C)(C)C(C)=C1CCC. The van der Waals surface area contributed by atoms with Crippen LogP contribution in [-0.2, 0) is 0 Å². The lowest BCUT2D eigenvalue weighted by molar-refractivity contribution is 0.585. The van der Waals surface area contributed by atoms with Crippen molar-refractivity contribution in [2.45, 2.75) is 60.3 Å². The Kier molecular flexibility index (Phi) is 3.58. The van der Waals surface area contributed by atoms with Gasteiger partial charge in [0, 0.05) is 5.41 Å². The molecule has 0 bridgehead atoms. The van der Waals surface area contributed by atoms with Crippen molar-refractivity contribution in [3.05, 3.63) is 22.8 Å². The van der Waals surface area contributed by atoms with Crippen LogP contribution < -0.4 is 0 Å². The lowest BCUT2D eigenvalue weighted by atomic mass is 9.87. The number of allylic oxidation sites excluding steroid dienone is 4. The summed E-state index contributed by atoms with van der Waals surface area (Å²) in [5, 5.41) is 0. The van der Waals surface area contributed by atoms with Crippen molar-refractivity contribution in [2.24, 2.45) is 5.41 Å². The standard InChI is InChI=1S/C14H24/c1-6-8-12-10-14(4,5)11(3)13(12)9-7-2/h10H,6-9H2,1-5H3. The van der Waals surface area contributed by atoms with Crippen LogP contribution in [-0.4, -0.2) is 0 Å². The molecule has 0 aliphatic heterocycles. The van der Waals surface area contributed by atoms with Crippen LogP contribution in [0.25, 0.3) is 0 Å². The zero-order valence-corrected chi connectivity index (χ0v) is 10.4. The Balaban J connectivity index is 2.95. The lowest BCUT2D eigenvalue weighted by Gasteiger charge is -2.18. The molecular formula is C14H24. The summed E-state index contributed by atoms with van der Waals surface area (Å²) >= 11 is 0. The van der Waals surface area contributed by atoms with Gasteiger partial charge in [-0.25, -0.2) is 0 Å². The number of hydrogen-bond acceptors (Lipinski definition) is 0. The Morgan fingerprint density at radius 3 is 2.14 bits per heavy atom. The predicted octanol–water partition coefficient (Wildman–Crippen LogP) is 4.87. The van der Waals surface area contributed by atoms with Crippen LogP contribution in [0.4, 0.5) is 0 Å². The second kappa shape index (κ2) is 4.33. The van der Waals surface area contributed by atoms with E-state index < -0.39 is 0 Å². The van der Waals surface area contributed by atoms with Gasteiger partial charge in [0.1, 0.15) is 0 Å². The molecule has 0 nitrogen and oxygen atoms in total. The number of hydrogen-bond donors (Lipinski definition) is 0. The maximum Gasteiger partial charge on any atom is 0.00433 e. The van der Waals surface area contributed by atoms with Crippen molar-refractivity contribution in [1.82, 2.24) is 0 Å². The van der Waals surface area contributed by atoms with E-state index in [-0.39, 0.29) is 0 Å². The molecule has 0 saturated carbocycles. The van der Waals surface area contributed by atoms with Gasteiger partial charge in [-0.15, -0.1) is 0 Å². The predicted molar refractivity (Wildman–Crippen MR) is 64.4 cm³/mol. The summed E-state index contributed by atoms with van der Waals surface area (Å²) in [5.41, 5.74) is 5.19. The van der Waals surface area contributed by atoms with Gasteiger partial charge >= 0.3 is 0 Å². The van der Waals surface area contributed by atoms with Crippen molar-refractivity contribution in [3.63, 3.8) is 0 Å². The molecule has 0 aromatic heterocycles. The third kappa shape index (κ3) is 2.10. The average Bonchev–Trinajstić information content (AvgIpc) is 2.30. The topological polar surface area (TPSA) is 0 Å². The van der Waals surface area contributed by atoms with Gasteiger partial charge in [-0.05, 0) is 30.9 Å². The van der Waals surface area contributed by atoms with Crippen molar-refractivity contribution >= 4 is 0 Å². The second-order valence-electron chi connectivity index (χ2n) is 4.99. The summed E-state index contributed by atoms with van der Waals surface area (Å²) < 4.78 is 0. The van der Waals surface area contributed by atoms with E-state index in [4.69, 9.17) is 0 Å². The molecule has 14 heavy (non-hydrogen) atoms. The molecule has 0 unspecified atom stereocenters. The molecule has 0 spiro atoms. The van der Waals surface area contributed by atoms with Gasteiger partial charge in [-0.3, -0.25) is 0 Å². The van der Waals surface area contributed by atoms with Gasteiger partial charge in [0.05, 0.1) is 0 Å². The molecule has 0 atom stereocenters. The summed E-state index contributed by atoms with van der Waals surface area (Å²) in [7, 11) is 0. The van der Waals surface area contributed by atoms with Crippen LogP contribution in [0.15, 0.2) is 22.8 Å². The highest BCUT2D eigenvalue weighted by Gasteiger charge is 2.28. The van der Waals surface area contributed by atoms with Crippen LogP contribution >= 0.6 is 0 Å². The highest BCUT2D eigenvalue weighted by Crippen LogP contribution is 2.43. The smallest absolute Gasteiger partial charge is 0.00433 e. The maximum atomic E-state index is 2.48. The van der Waals surface area contributed by atoms with Crippen molar-refractivity contribution < 1.29 is 0 Å². The zero-order valence-electron chi connectivity index (χ0n) is 10.4. The van der Waals surface area contributed by atoms with Gasteiger partial charge < -0.3 is 0 Å². The quantitative estimate of drug-likeness (QED) is 0.596. The molecule has 0 aromatic carbocycles. The van der Waals surface area contributed by atoms with Gasteiger partial charge in [0.2, 0.25) is 0 Å². The normalized spacial score (nSPS) is 20.2. The van der Waals surface area contributed by atoms with Crippen molar-refractivity contribution in [3.8, 4) is 0 Å². The number of rotatable bonds is 4. The molecule has 0 heteroatoms. The minimum atomic E-state index is 0.314. The van der Waals surface area contributed by atoms with Gasteiger partial charge in [-0.1, -0.05) is 52.2 Å². The molecule has 1 aliphatic carbocycles. The molecule has 1 rings (SSSR count). The van der Waals surface area contributed by atoms with Crippen LogP contribution in [0.2, 0.25) is 0 Å². The van der Waals surface area contributed by atoms with Gasteiger partial charge in [0.25, 0.3) is 0 Å². The third-order valence-corrected chi connectivity index (χ3v) is 3.36. The van der Waals surface area contributed by atoms with E-state index in [9.17, 15) is 0 Å². The third-order valence-electron chi connectivity index (χ3n) is 3.36. The first-order chi connectivity index (χ1) is 6.53. The largest absolute Gasteiger partial charge is 0.0713 e. The fourth-order valence-electron chi connectivity index (χ4n) is 2.35. The molecule has 0 N–H and O–H groups in total. The second-order valence-corrected chi connectivity index (χ2v) is 4.99. The van der Waals surface area contributed by atoms with E-state index in [0.29, 0.717) is 5.41 Å². The van der Waals surface area contributed by atoms with Crippen LogP contribution in [0.1, 0.15) is 60.3 Å². The molecule has 0 fully saturated rings. The molecule has 0 aromatic rings. The summed E-state index contributed by atoms with van der Waals surface area (Å²) in [5.74, 6) is 0. The highest BCUT2D eigenvalue weighted by molar-refractivity contribution is 5.46. The Hall–Kier alpha value is -0.520. The summed E-state index contributed by atoms with van der Waals surface area (Å²) in [4.78, 5) is 0. The average molecular weight is 192 g/mol. The van der Waals surface area contributed by atoms with E-state index in [1.807, 2.05) is 0 Å². The Bertz CT molecular complexity index is 264. The van der Waals surface area contributed by atoms with E-state index >= 15 is 0 Å². The minimum absolute atomic E-state index is 0.314. The molecular weight excluding hydrogens is 168 g/mol. The summed E-state index contributed by atoms with van der Waals surface area (Å²) in [6.07, 6.45) is 7.54. The van der Waals surface area contributed by atoms with Crippen molar-refractivity contribution in [1.29, 1.82) is 0 Å². The first-order valence-electron chi connectivity index (χ1n) is 5.95. The fourth-order valence-corrected chi connectivity index (χ4v) is 2.35. The summed E-state index contributed by atoms with van der Waals surface area (Å²) in [6, 6.07) is 0. The van der Waals surface area contributed by atoms with Crippen LogP contribution in [0.3, 0.4) is 0 Å². The monoisotopic (exact) mass is 192 g/mol. The highest BCUT2D eigenvalue weighted by atomic mass is 14.3. The van der Waals surface area contributed by atoms with Crippen molar-refractivity contribution in [2.75, 3.05) is 0 Å². The molecule has 0 amide bonds. The van der Waals surface area contributed by atoms with Crippen LogP contribution in [0, 0.1) is 5.41 Å². The molecule has 0 radical (unpaired) electrons. The Morgan fingerprint density at radius 2 is 1.64 bits per heavy atom. The molecule has 80 valence electrons. The van der Waals surface area contributed by atoms with E-state index in [1.54, 1.807) is 16.7 Å². The molecule has 1 aliphatic rings. The fraction of sp³-hybridized carbons (Fsp3) is 0.714. The van der Waals surface area contributed by atoms with E-state index in [1.165, 1.54) is 25.7 Å². The minimum Gasteiger partial charge on any atom is -0.0713 e. The summed E-state index contributed by atoms with van der Waals surface area (Å²) in [6.45, 7) is 11.5. The zero-order chi connectivity index (χ0) is 10.8. The first kappa shape index (κ1) is 11.6. The van der Waals surface area contributed by atoms with Crippen LogP contribution in [0.5, 0.6) is 0 Å². The van der Waals surface area contributed by atoms with E-state index in [2.05, 4.69) is 40.7 Å². The van der Waals surface area contributed by atoms with Gasteiger partial charge in [0.15, 0.2) is 0 Å². The Morgan fingerprint density at radius 1 is 1.07 bits per heavy atom. The molecule has 0 heterocycles. The molecule has 0 saturated heterocycles.